The first kappa shape index (κ1) is 10.5. The third-order valence-corrected chi connectivity index (χ3v) is 2.34. The minimum atomic E-state index is -0.266. The number of phenols is 1. The molecule has 2 aromatic carbocycles. The second kappa shape index (κ2) is 4.23. The lowest BCUT2D eigenvalue weighted by molar-refractivity contribution is 0.475. The number of aromatic hydroxyl groups is 1. The normalized spacial score (nSPS) is 10.1. The van der Waals surface area contributed by atoms with E-state index in [1.165, 1.54) is 12.1 Å². The molecule has 82 valence electrons. The minimum Gasteiger partial charge on any atom is -0.508 e. The van der Waals surface area contributed by atoms with E-state index in [1.807, 2.05) is 13.0 Å². The average molecular weight is 217 g/mol. The summed E-state index contributed by atoms with van der Waals surface area (Å²) in [4.78, 5) is 0. The quantitative estimate of drug-likeness (QED) is 0.805. The summed E-state index contributed by atoms with van der Waals surface area (Å²) in [6.45, 7) is 1.94. The predicted molar refractivity (Wildman–Crippen MR) is 62.5 cm³/mol. The summed E-state index contributed by atoms with van der Waals surface area (Å²) in [6, 6.07) is 11.2. The molecule has 0 unspecified atom stereocenters. The van der Waals surface area contributed by atoms with Crippen LogP contribution >= 0.6 is 0 Å². The first-order chi connectivity index (χ1) is 7.65. The summed E-state index contributed by atoms with van der Waals surface area (Å²) < 4.78 is 12.7. The van der Waals surface area contributed by atoms with Gasteiger partial charge in [0, 0.05) is 17.4 Å². The van der Waals surface area contributed by atoms with Gasteiger partial charge in [0.05, 0.1) is 0 Å². The van der Waals surface area contributed by atoms with E-state index in [4.69, 9.17) is 0 Å². The lowest BCUT2D eigenvalue weighted by Crippen LogP contribution is -1.92. The number of aryl methyl sites for hydroxylation is 1. The number of nitrogens with one attached hydrogen (secondary N) is 1. The highest BCUT2D eigenvalue weighted by Gasteiger charge is 2.00. The molecule has 2 rings (SSSR count). The van der Waals surface area contributed by atoms with Crippen LogP contribution in [0.2, 0.25) is 0 Å². The molecule has 0 amide bonds. The Bertz CT molecular complexity index is 494. The summed E-state index contributed by atoms with van der Waals surface area (Å²) in [7, 11) is 0. The standard InChI is InChI=1S/C13H12FNO/c1-9-2-7-12(16)8-13(9)15-11-5-3-10(14)4-6-11/h2-8,15-16H,1H3. The van der Waals surface area contributed by atoms with E-state index >= 15 is 0 Å². The van der Waals surface area contributed by atoms with Crippen LogP contribution in [0.15, 0.2) is 42.5 Å². The number of halogens is 1. The van der Waals surface area contributed by atoms with Crippen LogP contribution in [0.4, 0.5) is 15.8 Å². The molecule has 2 nitrogen and oxygen atoms in total. The molecule has 0 atom stereocenters. The molecule has 0 bridgehead atoms. The molecular weight excluding hydrogens is 205 g/mol. The number of rotatable bonds is 2. The van der Waals surface area contributed by atoms with Gasteiger partial charge in [0.2, 0.25) is 0 Å². The molecule has 0 radical (unpaired) electrons. The van der Waals surface area contributed by atoms with Crippen LogP contribution in [0.3, 0.4) is 0 Å². The summed E-state index contributed by atoms with van der Waals surface area (Å²) in [5.41, 5.74) is 2.61. The van der Waals surface area contributed by atoms with Gasteiger partial charge in [0.15, 0.2) is 0 Å². The smallest absolute Gasteiger partial charge is 0.123 e. The highest BCUT2D eigenvalue weighted by atomic mass is 19.1. The lowest BCUT2D eigenvalue weighted by Gasteiger charge is -2.09. The van der Waals surface area contributed by atoms with Crippen molar-refractivity contribution in [3.05, 3.63) is 53.8 Å². The first-order valence-corrected chi connectivity index (χ1v) is 4.97. The van der Waals surface area contributed by atoms with Crippen LogP contribution < -0.4 is 5.32 Å². The van der Waals surface area contributed by atoms with Crippen molar-refractivity contribution in [3.8, 4) is 5.75 Å². The number of hydrogen-bond acceptors (Lipinski definition) is 2. The maximum atomic E-state index is 12.7. The molecule has 0 aliphatic heterocycles. The third kappa shape index (κ3) is 2.31. The molecule has 0 saturated carbocycles. The van der Waals surface area contributed by atoms with Crippen molar-refractivity contribution < 1.29 is 9.50 Å². The van der Waals surface area contributed by atoms with Gasteiger partial charge < -0.3 is 10.4 Å². The van der Waals surface area contributed by atoms with Crippen LogP contribution in [-0.2, 0) is 0 Å². The van der Waals surface area contributed by atoms with Crippen molar-refractivity contribution in [2.24, 2.45) is 0 Å². The van der Waals surface area contributed by atoms with Gasteiger partial charge in [-0.2, -0.15) is 0 Å². The molecule has 0 aliphatic carbocycles. The summed E-state index contributed by atoms with van der Waals surface area (Å²) >= 11 is 0. The van der Waals surface area contributed by atoms with Crippen molar-refractivity contribution >= 4 is 11.4 Å². The molecule has 2 aromatic rings. The van der Waals surface area contributed by atoms with Gasteiger partial charge in [-0.25, -0.2) is 4.39 Å². The number of hydrogen-bond donors (Lipinski definition) is 2. The van der Waals surface area contributed by atoms with Gasteiger partial charge in [-0.1, -0.05) is 6.07 Å². The topological polar surface area (TPSA) is 32.3 Å². The highest BCUT2D eigenvalue weighted by Crippen LogP contribution is 2.24. The Morgan fingerprint density at radius 1 is 1.06 bits per heavy atom. The van der Waals surface area contributed by atoms with Crippen LogP contribution in [0.1, 0.15) is 5.56 Å². The van der Waals surface area contributed by atoms with Gasteiger partial charge in [-0.3, -0.25) is 0 Å². The Balaban J connectivity index is 2.26. The monoisotopic (exact) mass is 217 g/mol. The summed E-state index contributed by atoms with van der Waals surface area (Å²) in [5.74, 6) is -0.0617. The second-order valence-electron chi connectivity index (χ2n) is 3.63. The van der Waals surface area contributed by atoms with Crippen molar-refractivity contribution in [2.45, 2.75) is 6.92 Å². The van der Waals surface area contributed by atoms with Crippen LogP contribution in [0, 0.1) is 12.7 Å². The zero-order chi connectivity index (χ0) is 11.5. The number of benzene rings is 2. The van der Waals surface area contributed by atoms with E-state index in [1.54, 1.807) is 24.3 Å². The molecule has 0 aromatic heterocycles. The fourth-order valence-electron chi connectivity index (χ4n) is 1.43. The fourth-order valence-corrected chi connectivity index (χ4v) is 1.43. The van der Waals surface area contributed by atoms with E-state index in [2.05, 4.69) is 5.32 Å². The van der Waals surface area contributed by atoms with Crippen molar-refractivity contribution in [1.29, 1.82) is 0 Å². The van der Waals surface area contributed by atoms with E-state index in [9.17, 15) is 9.50 Å². The number of anilines is 2. The molecule has 0 fully saturated rings. The van der Waals surface area contributed by atoms with Gasteiger partial charge in [-0.05, 0) is 42.8 Å². The maximum absolute atomic E-state index is 12.7. The number of phenolic OH excluding ortho intramolecular Hbond substituents is 1. The first-order valence-electron chi connectivity index (χ1n) is 4.97. The van der Waals surface area contributed by atoms with E-state index in [-0.39, 0.29) is 11.6 Å². The highest BCUT2D eigenvalue weighted by molar-refractivity contribution is 5.64. The SMILES string of the molecule is Cc1ccc(O)cc1Nc1ccc(F)cc1. The average Bonchev–Trinajstić information content (AvgIpc) is 2.27. The van der Waals surface area contributed by atoms with Crippen molar-refractivity contribution in [3.63, 3.8) is 0 Å². The Morgan fingerprint density at radius 3 is 2.44 bits per heavy atom. The Kier molecular flexibility index (Phi) is 2.77. The lowest BCUT2D eigenvalue weighted by atomic mass is 10.2. The van der Waals surface area contributed by atoms with Crippen LogP contribution in [0.5, 0.6) is 5.75 Å². The minimum absolute atomic E-state index is 0.204. The molecule has 3 heteroatoms. The molecule has 2 N–H and O–H groups in total. The second-order valence-corrected chi connectivity index (χ2v) is 3.63. The molecule has 0 spiro atoms. The molecular formula is C13H12FNO. The molecule has 0 aliphatic rings. The Hall–Kier alpha value is -2.03. The maximum Gasteiger partial charge on any atom is 0.123 e. The molecule has 0 heterocycles. The van der Waals surface area contributed by atoms with Gasteiger partial charge in [0.1, 0.15) is 11.6 Å². The predicted octanol–water partition coefficient (Wildman–Crippen LogP) is 3.58. The largest absolute Gasteiger partial charge is 0.508 e. The van der Waals surface area contributed by atoms with Gasteiger partial charge >= 0.3 is 0 Å². The summed E-state index contributed by atoms with van der Waals surface area (Å²) in [5, 5.41) is 12.5. The third-order valence-electron chi connectivity index (χ3n) is 2.34. The zero-order valence-electron chi connectivity index (χ0n) is 8.87. The Labute approximate surface area is 93.4 Å². The van der Waals surface area contributed by atoms with E-state index in [0.29, 0.717) is 0 Å². The molecule has 16 heavy (non-hydrogen) atoms. The van der Waals surface area contributed by atoms with Gasteiger partial charge in [0.25, 0.3) is 0 Å². The van der Waals surface area contributed by atoms with E-state index in [0.717, 1.165) is 16.9 Å². The van der Waals surface area contributed by atoms with Gasteiger partial charge in [-0.15, -0.1) is 0 Å². The van der Waals surface area contributed by atoms with E-state index < -0.39 is 0 Å². The van der Waals surface area contributed by atoms with Crippen LogP contribution in [0.25, 0.3) is 0 Å². The van der Waals surface area contributed by atoms with Crippen LogP contribution in [-0.4, -0.2) is 5.11 Å². The van der Waals surface area contributed by atoms with Crippen molar-refractivity contribution in [2.75, 3.05) is 5.32 Å². The summed E-state index contributed by atoms with van der Waals surface area (Å²) in [6.07, 6.45) is 0. The van der Waals surface area contributed by atoms with Crippen molar-refractivity contribution in [1.82, 2.24) is 0 Å². The fraction of sp³-hybridized carbons (Fsp3) is 0.0769. The molecule has 0 saturated heterocycles. The zero-order valence-corrected chi connectivity index (χ0v) is 8.87. The Morgan fingerprint density at radius 2 is 1.75 bits per heavy atom.